The van der Waals surface area contributed by atoms with Gasteiger partial charge in [-0.2, -0.15) is 0 Å². The van der Waals surface area contributed by atoms with Crippen LogP contribution in [0.25, 0.3) is 0 Å². The van der Waals surface area contributed by atoms with Crippen LogP contribution in [0.4, 0.5) is 18.9 Å². The number of rotatable bonds is 3. The number of nitrogens with zero attached hydrogens (tertiary/aromatic N) is 1. The minimum Gasteiger partial charge on any atom is -0.404 e. The molecule has 0 aliphatic rings. The number of hydrogen-bond donors (Lipinski definition) is 1. The molecule has 1 amide bonds. The molecule has 0 spiro atoms. The van der Waals surface area contributed by atoms with Crippen LogP contribution in [-0.2, 0) is 0 Å². The van der Waals surface area contributed by atoms with Crippen LogP contribution in [0.2, 0.25) is 0 Å². The van der Waals surface area contributed by atoms with Gasteiger partial charge in [0.1, 0.15) is 5.69 Å². The number of nitrogens with one attached hydrogen (secondary N) is 1. The third-order valence-corrected chi connectivity index (χ3v) is 2.97. The Morgan fingerprint density at radius 1 is 1.19 bits per heavy atom. The molecule has 1 N–H and O–H groups in total. The number of amides is 1. The van der Waals surface area contributed by atoms with Crippen LogP contribution in [-0.4, -0.2) is 17.3 Å². The number of carbonyl (C=O) groups excluding carboxylic acids is 1. The minimum atomic E-state index is -4.84. The van der Waals surface area contributed by atoms with Crippen LogP contribution >= 0.6 is 15.9 Å². The highest BCUT2D eigenvalue weighted by Gasteiger charge is 2.32. The first-order valence-corrected chi connectivity index (χ1v) is 6.43. The van der Waals surface area contributed by atoms with E-state index >= 15 is 0 Å². The molecule has 0 aliphatic carbocycles. The topological polar surface area (TPSA) is 51.2 Å². The molecule has 1 aromatic heterocycles. The van der Waals surface area contributed by atoms with Gasteiger partial charge in [-0.25, -0.2) is 4.98 Å². The summed E-state index contributed by atoms with van der Waals surface area (Å²) in [5, 5.41) is 2.33. The van der Waals surface area contributed by atoms with Gasteiger partial charge in [0.25, 0.3) is 5.91 Å². The van der Waals surface area contributed by atoms with Crippen LogP contribution in [0.1, 0.15) is 10.5 Å². The molecule has 0 radical (unpaired) electrons. The van der Waals surface area contributed by atoms with Crippen molar-refractivity contribution in [2.75, 3.05) is 5.32 Å². The number of carbonyl (C=O) groups is 1. The number of anilines is 1. The smallest absolute Gasteiger partial charge is 0.404 e. The number of benzene rings is 1. The largest absolute Gasteiger partial charge is 0.573 e. The second-order valence-electron chi connectivity index (χ2n) is 3.83. The summed E-state index contributed by atoms with van der Waals surface area (Å²) >= 11 is 3.14. The Labute approximate surface area is 126 Å². The first kappa shape index (κ1) is 15.3. The summed E-state index contributed by atoms with van der Waals surface area (Å²) in [5.74, 6) is -1.15. The predicted octanol–water partition coefficient (Wildman–Crippen LogP) is 4.00. The van der Waals surface area contributed by atoms with E-state index in [2.05, 4.69) is 31.0 Å². The van der Waals surface area contributed by atoms with Crippen LogP contribution < -0.4 is 10.1 Å². The number of ether oxygens (including phenoxy) is 1. The lowest BCUT2D eigenvalue weighted by Crippen LogP contribution is -2.20. The Morgan fingerprint density at radius 2 is 1.90 bits per heavy atom. The molecule has 0 atom stereocenters. The molecule has 0 aliphatic heterocycles. The third kappa shape index (κ3) is 4.19. The van der Waals surface area contributed by atoms with Crippen LogP contribution in [0.5, 0.6) is 5.75 Å². The maximum Gasteiger partial charge on any atom is 0.573 e. The van der Waals surface area contributed by atoms with Crippen molar-refractivity contribution in [3.05, 3.63) is 52.8 Å². The lowest BCUT2D eigenvalue weighted by atomic mass is 10.2. The molecule has 1 aromatic carbocycles. The molecule has 21 heavy (non-hydrogen) atoms. The van der Waals surface area contributed by atoms with E-state index in [1.807, 2.05) is 0 Å². The molecule has 110 valence electrons. The van der Waals surface area contributed by atoms with E-state index in [0.29, 0.717) is 4.47 Å². The Bertz CT molecular complexity index is 662. The molecule has 0 unspecified atom stereocenters. The molecule has 0 fully saturated rings. The van der Waals surface area contributed by atoms with Gasteiger partial charge in [0.2, 0.25) is 0 Å². The third-order valence-electron chi connectivity index (χ3n) is 2.33. The first-order chi connectivity index (χ1) is 9.87. The fourth-order valence-electron chi connectivity index (χ4n) is 1.52. The Morgan fingerprint density at radius 3 is 2.57 bits per heavy atom. The molecule has 1 heterocycles. The molecular formula is C13H8BrF3N2O2. The summed E-state index contributed by atoms with van der Waals surface area (Å²) in [4.78, 5) is 15.9. The number of alkyl halides is 3. The number of hydrogen-bond acceptors (Lipinski definition) is 3. The molecule has 2 aromatic rings. The lowest BCUT2D eigenvalue weighted by Gasteiger charge is -2.13. The molecule has 2 rings (SSSR count). The van der Waals surface area contributed by atoms with Crippen molar-refractivity contribution in [2.24, 2.45) is 0 Å². The van der Waals surface area contributed by atoms with Gasteiger partial charge in [-0.1, -0.05) is 12.1 Å². The van der Waals surface area contributed by atoms with Crippen LogP contribution in [0.3, 0.4) is 0 Å². The number of aromatic nitrogens is 1. The zero-order chi connectivity index (χ0) is 15.5. The molecule has 0 bridgehead atoms. The quantitative estimate of drug-likeness (QED) is 0.899. The number of para-hydroxylation sites is 2. The summed E-state index contributed by atoms with van der Waals surface area (Å²) in [6.07, 6.45) is -3.44. The average molecular weight is 361 g/mol. The maximum absolute atomic E-state index is 12.3. The van der Waals surface area contributed by atoms with Gasteiger partial charge < -0.3 is 10.1 Å². The molecule has 0 saturated heterocycles. The number of halogens is 4. The van der Waals surface area contributed by atoms with Crippen molar-refractivity contribution >= 4 is 27.5 Å². The second-order valence-corrected chi connectivity index (χ2v) is 4.69. The molecule has 4 nitrogen and oxygen atoms in total. The van der Waals surface area contributed by atoms with Crippen LogP contribution in [0.15, 0.2) is 47.1 Å². The zero-order valence-electron chi connectivity index (χ0n) is 10.3. The Kier molecular flexibility index (Phi) is 4.46. The fraction of sp³-hybridized carbons (Fsp3) is 0.0769. The van der Waals surface area contributed by atoms with Gasteiger partial charge in [-0.15, -0.1) is 13.2 Å². The van der Waals surface area contributed by atoms with Crippen molar-refractivity contribution < 1.29 is 22.7 Å². The summed E-state index contributed by atoms with van der Waals surface area (Å²) in [6.45, 7) is 0. The van der Waals surface area contributed by atoms with Gasteiger partial charge in [0, 0.05) is 10.7 Å². The first-order valence-electron chi connectivity index (χ1n) is 5.63. The monoisotopic (exact) mass is 360 g/mol. The summed E-state index contributed by atoms with van der Waals surface area (Å²) in [5.41, 5.74) is -0.0447. The van der Waals surface area contributed by atoms with Crippen molar-refractivity contribution in [1.82, 2.24) is 4.98 Å². The standard InChI is InChI=1S/C13H8BrF3N2O2/c14-8-4-3-7-18-11(8)12(20)19-9-5-1-2-6-10(9)21-13(15,16)17/h1-7H,(H,19,20). The van der Waals surface area contributed by atoms with Crippen LogP contribution in [0, 0.1) is 0 Å². The summed E-state index contributed by atoms with van der Waals surface area (Å²) < 4.78 is 41.2. The van der Waals surface area contributed by atoms with E-state index in [1.165, 1.54) is 24.4 Å². The van der Waals surface area contributed by atoms with Gasteiger partial charge >= 0.3 is 6.36 Å². The SMILES string of the molecule is O=C(Nc1ccccc1OC(F)(F)F)c1ncccc1Br. The zero-order valence-corrected chi connectivity index (χ0v) is 11.9. The van der Waals surface area contributed by atoms with Crippen molar-refractivity contribution in [3.63, 3.8) is 0 Å². The summed E-state index contributed by atoms with van der Waals surface area (Å²) in [6, 6.07) is 8.47. The average Bonchev–Trinajstić information content (AvgIpc) is 2.40. The Balaban J connectivity index is 2.24. The van der Waals surface area contributed by atoms with Gasteiger partial charge in [-0.3, -0.25) is 4.79 Å². The van der Waals surface area contributed by atoms with E-state index in [9.17, 15) is 18.0 Å². The van der Waals surface area contributed by atoms with Crippen molar-refractivity contribution in [3.8, 4) is 5.75 Å². The number of pyridine rings is 1. The maximum atomic E-state index is 12.3. The van der Waals surface area contributed by atoms with Crippen molar-refractivity contribution in [2.45, 2.75) is 6.36 Å². The highest BCUT2D eigenvalue weighted by molar-refractivity contribution is 9.10. The van der Waals surface area contributed by atoms with E-state index in [0.717, 1.165) is 6.07 Å². The molecule has 0 saturated carbocycles. The fourth-order valence-corrected chi connectivity index (χ4v) is 1.95. The van der Waals surface area contributed by atoms with Gasteiger partial charge in [0.15, 0.2) is 5.75 Å². The summed E-state index contributed by atoms with van der Waals surface area (Å²) in [7, 11) is 0. The second kappa shape index (κ2) is 6.13. The molecule has 8 heteroatoms. The van der Waals surface area contributed by atoms with Gasteiger partial charge in [0.05, 0.1) is 5.69 Å². The van der Waals surface area contributed by atoms with E-state index in [1.54, 1.807) is 12.1 Å². The van der Waals surface area contributed by atoms with E-state index in [4.69, 9.17) is 0 Å². The molecular weight excluding hydrogens is 353 g/mol. The predicted molar refractivity (Wildman–Crippen MR) is 73.0 cm³/mol. The van der Waals surface area contributed by atoms with E-state index < -0.39 is 18.0 Å². The highest BCUT2D eigenvalue weighted by Crippen LogP contribution is 2.30. The Hall–Kier alpha value is -2.09. The van der Waals surface area contributed by atoms with Gasteiger partial charge in [-0.05, 0) is 40.2 Å². The van der Waals surface area contributed by atoms with Crippen molar-refractivity contribution in [1.29, 1.82) is 0 Å². The lowest BCUT2D eigenvalue weighted by molar-refractivity contribution is -0.274. The normalized spacial score (nSPS) is 11.0. The highest BCUT2D eigenvalue weighted by atomic mass is 79.9. The minimum absolute atomic E-state index is 0.0549. The van der Waals surface area contributed by atoms with E-state index in [-0.39, 0.29) is 11.4 Å².